The van der Waals surface area contributed by atoms with Gasteiger partial charge in [0, 0.05) is 0 Å². The monoisotopic (exact) mass is 238 g/mol. The number of aryl methyl sites for hydroxylation is 1. The van der Waals surface area contributed by atoms with Crippen LogP contribution in [-0.4, -0.2) is 0 Å². The van der Waals surface area contributed by atoms with Crippen LogP contribution in [0.15, 0.2) is 73.0 Å². The van der Waals surface area contributed by atoms with E-state index in [1.54, 1.807) is 6.26 Å². The van der Waals surface area contributed by atoms with Crippen LogP contribution in [0.5, 0.6) is 0 Å². The van der Waals surface area contributed by atoms with E-state index in [0.717, 1.165) is 12.8 Å². The molecule has 2 rings (SSSR count). The van der Waals surface area contributed by atoms with Gasteiger partial charge >= 0.3 is 0 Å². The Kier molecular flexibility index (Phi) is 5.07. The van der Waals surface area contributed by atoms with Crippen molar-refractivity contribution in [3.63, 3.8) is 0 Å². The third-order valence-corrected chi connectivity index (χ3v) is 2.73. The lowest BCUT2D eigenvalue weighted by molar-refractivity contribution is 0.235. The summed E-state index contributed by atoms with van der Waals surface area (Å²) in [5, 5.41) is 0. The Morgan fingerprint density at radius 1 is 0.778 bits per heavy atom. The topological polar surface area (TPSA) is 9.23 Å². The minimum Gasteiger partial charge on any atom is -0.497 e. The van der Waals surface area contributed by atoms with Crippen molar-refractivity contribution in [1.29, 1.82) is 0 Å². The van der Waals surface area contributed by atoms with Gasteiger partial charge in [-0.1, -0.05) is 60.7 Å². The molecule has 0 amide bonds. The molecule has 0 spiro atoms. The molecule has 1 heteroatoms. The molecule has 0 saturated carbocycles. The van der Waals surface area contributed by atoms with Gasteiger partial charge in [-0.05, 0) is 30.0 Å². The van der Waals surface area contributed by atoms with Crippen LogP contribution < -0.4 is 0 Å². The maximum atomic E-state index is 5.48. The molecule has 1 nitrogen and oxygen atoms in total. The van der Waals surface area contributed by atoms with E-state index in [1.165, 1.54) is 11.1 Å². The molecule has 0 saturated heterocycles. The van der Waals surface area contributed by atoms with Crippen LogP contribution in [0, 0.1) is 0 Å². The number of hydrogen-bond donors (Lipinski definition) is 0. The predicted octanol–water partition coefficient (Wildman–Crippen LogP) is 4.35. The van der Waals surface area contributed by atoms with Gasteiger partial charge in [0.2, 0.25) is 0 Å². The van der Waals surface area contributed by atoms with Crippen LogP contribution in [0.3, 0.4) is 0 Å². The van der Waals surface area contributed by atoms with Crippen LogP contribution in [0.1, 0.15) is 17.5 Å². The minimum absolute atomic E-state index is 0.642. The van der Waals surface area contributed by atoms with Gasteiger partial charge in [0.05, 0.1) is 6.26 Å². The van der Waals surface area contributed by atoms with E-state index in [0.29, 0.717) is 6.61 Å². The molecule has 0 bridgehead atoms. The van der Waals surface area contributed by atoms with Gasteiger partial charge in [0.25, 0.3) is 0 Å². The van der Waals surface area contributed by atoms with Crippen molar-refractivity contribution >= 4 is 0 Å². The van der Waals surface area contributed by atoms with Gasteiger partial charge in [-0.25, -0.2) is 0 Å². The normalized spacial score (nSPS) is 10.7. The first-order valence-electron chi connectivity index (χ1n) is 6.29. The summed E-state index contributed by atoms with van der Waals surface area (Å²) in [5.41, 5.74) is 2.57. The summed E-state index contributed by atoms with van der Waals surface area (Å²) in [7, 11) is 0. The zero-order chi connectivity index (χ0) is 12.5. The molecule has 2 aromatic rings. The molecule has 0 N–H and O–H groups in total. The molecule has 0 unspecified atom stereocenters. The molecule has 0 fully saturated rings. The third-order valence-electron chi connectivity index (χ3n) is 2.73. The van der Waals surface area contributed by atoms with Gasteiger partial charge in [0.1, 0.15) is 6.61 Å². The second kappa shape index (κ2) is 7.33. The molecule has 0 aliphatic rings. The van der Waals surface area contributed by atoms with Crippen molar-refractivity contribution in [3.8, 4) is 0 Å². The molecular weight excluding hydrogens is 220 g/mol. The fourth-order valence-corrected chi connectivity index (χ4v) is 1.75. The van der Waals surface area contributed by atoms with E-state index >= 15 is 0 Å². The standard InChI is InChI=1S/C17H18O/c1-3-9-16(10-4-1)11-7-8-14-18-15-17-12-5-2-6-13-17/h1-6,8-10,12-14H,7,11,15H2/b14-8-. The second-order valence-corrected chi connectivity index (χ2v) is 4.19. The Morgan fingerprint density at radius 3 is 2.06 bits per heavy atom. The maximum Gasteiger partial charge on any atom is 0.112 e. The summed E-state index contributed by atoms with van der Waals surface area (Å²) >= 11 is 0. The van der Waals surface area contributed by atoms with E-state index in [-0.39, 0.29) is 0 Å². The maximum absolute atomic E-state index is 5.48. The summed E-state index contributed by atoms with van der Waals surface area (Å²) in [4.78, 5) is 0. The van der Waals surface area contributed by atoms with Crippen molar-refractivity contribution in [1.82, 2.24) is 0 Å². The fraction of sp³-hybridized carbons (Fsp3) is 0.176. The Bertz CT molecular complexity index is 414. The van der Waals surface area contributed by atoms with Crippen molar-refractivity contribution in [3.05, 3.63) is 84.1 Å². The highest BCUT2D eigenvalue weighted by Gasteiger charge is 1.89. The number of ether oxygens (including phenoxy) is 1. The molecular formula is C17H18O. The van der Waals surface area contributed by atoms with Crippen molar-refractivity contribution < 1.29 is 4.74 Å². The molecule has 0 radical (unpaired) electrons. The highest BCUT2D eigenvalue weighted by molar-refractivity contribution is 5.15. The van der Waals surface area contributed by atoms with Crippen LogP contribution in [-0.2, 0) is 17.8 Å². The smallest absolute Gasteiger partial charge is 0.112 e. The molecule has 0 aromatic heterocycles. The number of benzene rings is 2. The summed E-state index contributed by atoms with van der Waals surface area (Å²) in [6, 6.07) is 20.7. The SMILES string of the molecule is C(=C/OCc1ccccc1)/CCc1ccccc1. The van der Waals surface area contributed by atoms with Crippen molar-refractivity contribution in [2.75, 3.05) is 0 Å². The largest absolute Gasteiger partial charge is 0.497 e. The summed E-state index contributed by atoms with van der Waals surface area (Å²) < 4.78 is 5.48. The number of allylic oxidation sites excluding steroid dienone is 1. The lowest BCUT2D eigenvalue weighted by Crippen LogP contribution is -1.86. The summed E-state index contributed by atoms with van der Waals surface area (Å²) in [6.45, 7) is 0.642. The molecule has 2 aromatic carbocycles. The predicted molar refractivity (Wildman–Crippen MR) is 75.1 cm³/mol. The molecule has 92 valence electrons. The molecule has 0 heterocycles. The lowest BCUT2D eigenvalue weighted by atomic mass is 10.1. The first-order chi connectivity index (χ1) is 8.95. The number of rotatable bonds is 6. The van der Waals surface area contributed by atoms with Gasteiger partial charge in [-0.2, -0.15) is 0 Å². The molecule has 0 aliphatic heterocycles. The molecule has 0 aliphatic carbocycles. The average Bonchev–Trinajstić information content (AvgIpc) is 2.45. The van der Waals surface area contributed by atoms with Crippen molar-refractivity contribution in [2.24, 2.45) is 0 Å². The van der Waals surface area contributed by atoms with E-state index in [4.69, 9.17) is 4.74 Å². The second-order valence-electron chi connectivity index (χ2n) is 4.19. The van der Waals surface area contributed by atoms with Crippen LogP contribution >= 0.6 is 0 Å². The highest BCUT2D eigenvalue weighted by Crippen LogP contribution is 2.04. The van der Waals surface area contributed by atoms with Crippen LogP contribution in [0.25, 0.3) is 0 Å². The van der Waals surface area contributed by atoms with Crippen LogP contribution in [0.2, 0.25) is 0 Å². The van der Waals surface area contributed by atoms with E-state index in [9.17, 15) is 0 Å². The Balaban J connectivity index is 1.64. The average molecular weight is 238 g/mol. The minimum atomic E-state index is 0.642. The van der Waals surface area contributed by atoms with E-state index < -0.39 is 0 Å². The van der Waals surface area contributed by atoms with Crippen molar-refractivity contribution in [2.45, 2.75) is 19.4 Å². The third kappa shape index (κ3) is 4.46. The zero-order valence-corrected chi connectivity index (χ0v) is 10.5. The Morgan fingerprint density at radius 2 is 1.39 bits per heavy atom. The van der Waals surface area contributed by atoms with Gasteiger partial charge in [0.15, 0.2) is 0 Å². The van der Waals surface area contributed by atoms with Gasteiger partial charge < -0.3 is 4.74 Å². The van der Waals surface area contributed by atoms with E-state index in [1.807, 2.05) is 24.3 Å². The quantitative estimate of drug-likeness (QED) is 0.680. The molecule has 0 atom stereocenters. The first kappa shape index (κ1) is 12.4. The Hall–Kier alpha value is -2.02. The summed E-state index contributed by atoms with van der Waals surface area (Å²) in [5.74, 6) is 0. The summed E-state index contributed by atoms with van der Waals surface area (Å²) in [6.07, 6.45) is 5.96. The molecule has 18 heavy (non-hydrogen) atoms. The van der Waals surface area contributed by atoms with Gasteiger partial charge in [-0.15, -0.1) is 0 Å². The van der Waals surface area contributed by atoms with E-state index in [2.05, 4.69) is 42.5 Å². The Labute approximate surface area is 109 Å². The zero-order valence-electron chi connectivity index (χ0n) is 10.5. The van der Waals surface area contributed by atoms with Gasteiger partial charge in [-0.3, -0.25) is 0 Å². The fourth-order valence-electron chi connectivity index (χ4n) is 1.75. The lowest BCUT2D eigenvalue weighted by Gasteiger charge is -2.00. The van der Waals surface area contributed by atoms with Crippen LogP contribution in [0.4, 0.5) is 0 Å². The highest BCUT2D eigenvalue weighted by atomic mass is 16.5. The number of hydrogen-bond acceptors (Lipinski definition) is 1. The first-order valence-corrected chi connectivity index (χ1v) is 6.29.